The minimum absolute atomic E-state index is 0.0132. The number of hydrogen-bond acceptors (Lipinski definition) is 6. The van der Waals surface area contributed by atoms with Gasteiger partial charge in [-0.3, -0.25) is 29.2 Å². The fraction of sp³-hybridized carbons (Fsp3) is 0.720. The van der Waals surface area contributed by atoms with E-state index in [1.165, 1.54) is 24.8 Å². The first kappa shape index (κ1) is 22.7. The molecule has 5 fully saturated rings. The van der Waals surface area contributed by atoms with E-state index in [1.807, 2.05) is 16.3 Å². The summed E-state index contributed by atoms with van der Waals surface area (Å²) in [6.07, 6.45) is 10.6. The van der Waals surface area contributed by atoms with Gasteiger partial charge in [0.05, 0.1) is 16.2 Å². The molecule has 35 heavy (non-hydrogen) atoms. The monoisotopic (exact) mass is 481 g/mol. The Morgan fingerprint density at radius 1 is 1.06 bits per heavy atom. The number of nitrogens with zero attached hydrogens (tertiary/aromatic N) is 7. The van der Waals surface area contributed by atoms with E-state index in [-0.39, 0.29) is 22.8 Å². The Balaban J connectivity index is 1.17. The highest BCUT2D eigenvalue weighted by atomic mass is 16.6. The van der Waals surface area contributed by atoms with Crippen molar-refractivity contribution in [3.8, 4) is 0 Å². The van der Waals surface area contributed by atoms with Crippen LogP contribution in [0.3, 0.4) is 0 Å². The molecule has 0 radical (unpaired) electrons. The van der Waals surface area contributed by atoms with Crippen LogP contribution in [0.2, 0.25) is 0 Å². The Labute approximate surface area is 205 Å². The van der Waals surface area contributed by atoms with Crippen LogP contribution in [-0.2, 0) is 18.6 Å². The normalized spacial score (nSPS) is 30.2. The Morgan fingerprint density at radius 2 is 1.69 bits per heavy atom. The lowest BCUT2D eigenvalue weighted by Gasteiger charge is -2.56. The van der Waals surface area contributed by atoms with Gasteiger partial charge in [-0.05, 0) is 70.1 Å². The van der Waals surface area contributed by atoms with Crippen molar-refractivity contribution in [2.24, 2.45) is 17.8 Å². The van der Waals surface area contributed by atoms with Crippen molar-refractivity contribution < 1.29 is 9.72 Å². The van der Waals surface area contributed by atoms with Gasteiger partial charge in [-0.1, -0.05) is 0 Å². The number of carbonyl (C=O) groups excluding carboxylic acids is 1. The zero-order valence-corrected chi connectivity index (χ0v) is 20.7. The summed E-state index contributed by atoms with van der Waals surface area (Å²) in [5.41, 5.74) is 1.97. The highest BCUT2D eigenvalue weighted by Crippen LogP contribution is 2.58. The Bertz CT molecular complexity index is 1110. The summed E-state index contributed by atoms with van der Waals surface area (Å²) in [6, 6.07) is 0. The van der Waals surface area contributed by atoms with Crippen LogP contribution in [-0.4, -0.2) is 66.4 Å². The van der Waals surface area contributed by atoms with E-state index in [0.29, 0.717) is 30.8 Å². The van der Waals surface area contributed by atoms with E-state index < -0.39 is 4.92 Å². The van der Waals surface area contributed by atoms with E-state index >= 15 is 0 Å². The average molecular weight is 482 g/mol. The molecule has 1 saturated heterocycles. The fourth-order valence-corrected chi connectivity index (χ4v) is 7.62. The molecule has 7 rings (SSSR count). The summed E-state index contributed by atoms with van der Waals surface area (Å²) in [6.45, 7) is 8.29. The molecule has 10 heteroatoms. The molecule has 10 nitrogen and oxygen atoms in total. The van der Waals surface area contributed by atoms with E-state index in [2.05, 4.69) is 28.2 Å². The van der Waals surface area contributed by atoms with Crippen LogP contribution in [0.5, 0.6) is 0 Å². The minimum Gasteiger partial charge on any atom is -0.334 e. The fourth-order valence-electron chi connectivity index (χ4n) is 7.62. The van der Waals surface area contributed by atoms with Crippen LogP contribution in [0.25, 0.3) is 0 Å². The molecule has 4 saturated carbocycles. The quantitative estimate of drug-likeness (QED) is 0.464. The molecule has 4 bridgehead atoms. The summed E-state index contributed by atoms with van der Waals surface area (Å²) < 4.78 is 3.79. The average Bonchev–Trinajstić information content (AvgIpc) is 3.43. The third kappa shape index (κ3) is 3.95. The molecule has 5 aliphatic rings. The maximum atomic E-state index is 13.4. The van der Waals surface area contributed by atoms with E-state index in [1.54, 1.807) is 11.1 Å². The molecule has 2 aromatic rings. The van der Waals surface area contributed by atoms with Gasteiger partial charge >= 0.3 is 5.69 Å². The highest BCUT2D eigenvalue weighted by molar-refractivity contribution is 5.96. The van der Waals surface area contributed by atoms with Crippen molar-refractivity contribution in [1.29, 1.82) is 0 Å². The summed E-state index contributed by atoms with van der Waals surface area (Å²) >= 11 is 0. The molecule has 4 aliphatic carbocycles. The molecular formula is C25H35N7O3. The number of aryl methyl sites for hydroxylation is 2. The molecule has 3 heterocycles. The second kappa shape index (κ2) is 8.43. The van der Waals surface area contributed by atoms with Crippen LogP contribution in [0.15, 0.2) is 12.4 Å². The maximum absolute atomic E-state index is 13.4. The Morgan fingerprint density at radius 3 is 2.23 bits per heavy atom. The van der Waals surface area contributed by atoms with Crippen LogP contribution in [0.1, 0.15) is 67.2 Å². The predicted molar refractivity (Wildman–Crippen MR) is 129 cm³/mol. The first-order chi connectivity index (χ1) is 16.8. The van der Waals surface area contributed by atoms with Crippen LogP contribution >= 0.6 is 0 Å². The molecule has 1 amide bonds. The largest absolute Gasteiger partial charge is 0.334 e. The second-order valence-corrected chi connectivity index (χ2v) is 11.4. The molecule has 0 N–H and O–H groups in total. The van der Waals surface area contributed by atoms with Crippen LogP contribution in [0.4, 0.5) is 5.69 Å². The highest BCUT2D eigenvalue weighted by Gasteiger charge is 2.53. The lowest BCUT2D eigenvalue weighted by molar-refractivity contribution is -0.385. The van der Waals surface area contributed by atoms with E-state index in [4.69, 9.17) is 0 Å². The molecule has 0 atom stereocenters. The molecule has 188 valence electrons. The zero-order chi connectivity index (χ0) is 24.3. The zero-order valence-electron chi connectivity index (χ0n) is 20.7. The van der Waals surface area contributed by atoms with Gasteiger partial charge in [0.1, 0.15) is 6.20 Å². The third-order valence-corrected chi connectivity index (χ3v) is 9.01. The van der Waals surface area contributed by atoms with Gasteiger partial charge in [0.15, 0.2) is 0 Å². The van der Waals surface area contributed by atoms with Crippen LogP contribution < -0.4 is 0 Å². The van der Waals surface area contributed by atoms with Crippen molar-refractivity contribution in [3.63, 3.8) is 0 Å². The van der Waals surface area contributed by atoms with Gasteiger partial charge in [0.2, 0.25) is 5.69 Å². The molecule has 1 aliphatic heterocycles. The minimum atomic E-state index is -0.429. The van der Waals surface area contributed by atoms with Gasteiger partial charge < -0.3 is 4.90 Å². The maximum Gasteiger partial charge on any atom is 0.320 e. The number of aromatic nitrogens is 4. The Hall–Kier alpha value is -2.75. The summed E-state index contributed by atoms with van der Waals surface area (Å²) in [5.74, 6) is 1.79. The molecule has 2 aromatic heterocycles. The first-order valence-electron chi connectivity index (χ1n) is 13.1. The molecule has 0 unspecified atom stereocenters. The number of carbonyl (C=O) groups is 1. The Kier molecular flexibility index (Phi) is 5.47. The molecule has 0 spiro atoms. The van der Waals surface area contributed by atoms with Crippen molar-refractivity contribution in [2.75, 3.05) is 26.2 Å². The second-order valence-electron chi connectivity index (χ2n) is 11.4. The first-order valence-corrected chi connectivity index (χ1v) is 13.1. The lowest BCUT2D eigenvalue weighted by Crippen LogP contribution is -2.52. The van der Waals surface area contributed by atoms with Crippen molar-refractivity contribution >= 4 is 11.6 Å². The standard InChI is InChI=1S/C25H35N7O3/c1-3-30-15-21(17(2)26-30)14-28-4-6-29(7-5-28)24(33)23-22(32(34)35)16-31(27-23)25-11-18-8-19(12-25)10-20(9-18)13-25/h15-16,18-20H,3-14H2,1-2H3. The van der Waals surface area contributed by atoms with Crippen molar-refractivity contribution in [3.05, 3.63) is 39.5 Å². The molecule has 0 aromatic carbocycles. The van der Waals surface area contributed by atoms with Gasteiger partial charge in [-0.2, -0.15) is 10.2 Å². The molecular weight excluding hydrogens is 446 g/mol. The topological polar surface area (TPSA) is 102 Å². The summed E-state index contributed by atoms with van der Waals surface area (Å²) in [7, 11) is 0. The van der Waals surface area contributed by atoms with Gasteiger partial charge in [-0.15, -0.1) is 0 Å². The van der Waals surface area contributed by atoms with Crippen molar-refractivity contribution in [1.82, 2.24) is 29.4 Å². The summed E-state index contributed by atoms with van der Waals surface area (Å²) in [5, 5.41) is 21.1. The van der Waals surface area contributed by atoms with E-state index in [9.17, 15) is 14.9 Å². The number of rotatable bonds is 6. The number of nitro groups is 1. The van der Waals surface area contributed by atoms with Crippen molar-refractivity contribution in [2.45, 2.75) is 71.0 Å². The van der Waals surface area contributed by atoms with Gasteiger partial charge in [0, 0.05) is 51.0 Å². The van der Waals surface area contributed by atoms with E-state index in [0.717, 1.165) is 51.1 Å². The number of amides is 1. The number of piperazine rings is 1. The van der Waals surface area contributed by atoms with Gasteiger partial charge in [0.25, 0.3) is 5.91 Å². The number of hydrogen-bond donors (Lipinski definition) is 0. The lowest BCUT2D eigenvalue weighted by atomic mass is 9.53. The third-order valence-electron chi connectivity index (χ3n) is 9.01. The van der Waals surface area contributed by atoms with Crippen LogP contribution in [0, 0.1) is 34.8 Å². The van der Waals surface area contributed by atoms with Gasteiger partial charge in [-0.25, -0.2) is 0 Å². The predicted octanol–water partition coefficient (Wildman–Crippen LogP) is 3.20. The summed E-state index contributed by atoms with van der Waals surface area (Å²) in [4.78, 5) is 29.0. The SMILES string of the molecule is CCn1cc(CN2CCN(C(=O)c3nn(C45CC6CC(CC(C6)C4)C5)cc3[N+](=O)[O-])CC2)c(C)n1. The smallest absolute Gasteiger partial charge is 0.320 e.